The Labute approximate surface area is 189 Å². The van der Waals surface area contributed by atoms with Crippen molar-refractivity contribution in [2.75, 3.05) is 0 Å². The molecule has 2 bridgehead atoms. The highest BCUT2D eigenvalue weighted by atomic mass is 35.5. The summed E-state index contributed by atoms with van der Waals surface area (Å²) < 4.78 is 0. The van der Waals surface area contributed by atoms with E-state index >= 15 is 0 Å². The number of amides is 2. The molecule has 1 N–H and O–H groups in total. The molecule has 1 fully saturated rings. The van der Waals surface area contributed by atoms with Gasteiger partial charge in [0.05, 0.1) is 11.8 Å². The average molecular weight is 458 g/mol. The lowest BCUT2D eigenvalue weighted by Gasteiger charge is -2.54. The van der Waals surface area contributed by atoms with Crippen molar-refractivity contribution in [3.8, 4) is 0 Å². The van der Waals surface area contributed by atoms with Gasteiger partial charge in [-0.1, -0.05) is 62.4 Å². The normalized spacial score (nSPS) is 31.5. The highest BCUT2D eigenvalue weighted by Crippen LogP contribution is 2.69. The van der Waals surface area contributed by atoms with E-state index in [1.165, 1.54) is 0 Å². The van der Waals surface area contributed by atoms with Crippen LogP contribution < -0.4 is 0 Å². The SMILES string of the molecule is CC(C)C[C@@H](C(=O)O)N1C(=O)[C@@H]2[C@H](C1=O)C1(Cl)c3ccccc3C2(Cl)c2ccccc21. The van der Waals surface area contributed by atoms with Crippen LogP contribution in [0.1, 0.15) is 42.5 Å². The molecule has 1 saturated heterocycles. The van der Waals surface area contributed by atoms with E-state index in [1.54, 1.807) is 0 Å². The summed E-state index contributed by atoms with van der Waals surface area (Å²) in [5, 5.41) is 9.86. The van der Waals surface area contributed by atoms with Gasteiger partial charge in [0.15, 0.2) is 0 Å². The standard InChI is InChI=1S/C24H21Cl2NO4/c1-12(2)11-17(22(30)31)27-20(28)18-19(21(27)29)24(26)14-8-4-3-7-13(14)23(18,25)15-9-5-6-10-16(15)24/h3-10,12,17-19H,11H2,1-2H3,(H,30,31)/t17-,18-,19+,23?,24?/m0/s1. The van der Waals surface area contributed by atoms with Crippen molar-refractivity contribution >= 4 is 41.0 Å². The van der Waals surface area contributed by atoms with Crippen LogP contribution in [0.4, 0.5) is 0 Å². The minimum atomic E-state index is -1.29. The van der Waals surface area contributed by atoms with Crippen LogP contribution in [0, 0.1) is 17.8 Å². The lowest BCUT2D eigenvalue weighted by atomic mass is 9.54. The second-order valence-corrected chi connectivity index (χ2v) is 10.2. The highest BCUT2D eigenvalue weighted by Gasteiger charge is 2.73. The number of carbonyl (C=O) groups is 3. The van der Waals surface area contributed by atoms with Crippen LogP contribution in [0.3, 0.4) is 0 Å². The number of nitrogens with zero attached hydrogens (tertiary/aromatic N) is 1. The quantitative estimate of drug-likeness (QED) is 0.554. The zero-order valence-electron chi connectivity index (χ0n) is 17.0. The van der Waals surface area contributed by atoms with E-state index in [2.05, 4.69) is 0 Å². The number of halogens is 2. The van der Waals surface area contributed by atoms with Gasteiger partial charge in [0, 0.05) is 0 Å². The number of carboxylic acid groups (broad SMARTS) is 1. The summed E-state index contributed by atoms with van der Waals surface area (Å²) in [5.74, 6) is -4.30. The van der Waals surface area contributed by atoms with Crippen LogP contribution in [0.2, 0.25) is 0 Å². The summed E-state index contributed by atoms with van der Waals surface area (Å²) in [6.07, 6.45) is 0.163. The molecule has 0 aromatic heterocycles. The predicted molar refractivity (Wildman–Crippen MR) is 116 cm³/mol. The lowest BCUT2D eigenvalue weighted by Crippen LogP contribution is -2.57. The van der Waals surface area contributed by atoms with Gasteiger partial charge < -0.3 is 5.11 Å². The fraction of sp³-hybridized carbons (Fsp3) is 0.375. The van der Waals surface area contributed by atoms with Crippen molar-refractivity contribution < 1.29 is 19.5 Å². The number of rotatable bonds is 4. The Morgan fingerprint density at radius 1 is 0.903 bits per heavy atom. The third-order valence-corrected chi connectivity index (χ3v) is 8.20. The zero-order valence-corrected chi connectivity index (χ0v) is 18.5. The first-order valence-corrected chi connectivity index (χ1v) is 11.1. The van der Waals surface area contributed by atoms with Crippen molar-refractivity contribution in [3.05, 3.63) is 70.8 Å². The molecule has 4 aliphatic rings. The van der Waals surface area contributed by atoms with Crippen LogP contribution >= 0.6 is 23.2 Å². The van der Waals surface area contributed by atoms with Crippen molar-refractivity contribution in [2.45, 2.75) is 36.1 Å². The predicted octanol–water partition coefficient (Wildman–Crippen LogP) is 4.08. The Morgan fingerprint density at radius 3 is 1.55 bits per heavy atom. The molecule has 2 amide bonds. The topological polar surface area (TPSA) is 74.7 Å². The van der Waals surface area contributed by atoms with Gasteiger partial charge in [0.2, 0.25) is 11.8 Å². The van der Waals surface area contributed by atoms with E-state index in [0.29, 0.717) is 22.3 Å². The van der Waals surface area contributed by atoms with Gasteiger partial charge in [0.25, 0.3) is 0 Å². The number of aliphatic carboxylic acids is 1. The first-order chi connectivity index (χ1) is 14.6. The maximum atomic E-state index is 13.7. The third kappa shape index (κ3) is 2.36. The largest absolute Gasteiger partial charge is 0.480 e. The van der Waals surface area contributed by atoms with E-state index in [4.69, 9.17) is 23.2 Å². The van der Waals surface area contributed by atoms with Crippen LogP contribution in [-0.2, 0) is 24.1 Å². The Balaban J connectivity index is 1.78. The molecule has 0 saturated carbocycles. The number of hydrogen-bond acceptors (Lipinski definition) is 3. The lowest BCUT2D eigenvalue weighted by molar-refractivity contribution is -0.155. The molecule has 3 aliphatic carbocycles. The Bertz CT molecular complexity index is 1020. The minimum Gasteiger partial charge on any atom is -0.480 e. The molecule has 0 radical (unpaired) electrons. The van der Waals surface area contributed by atoms with E-state index in [9.17, 15) is 19.5 Å². The molecule has 6 rings (SSSR count). The molecule has 3 atom stereocenters. The second kappa shape index (κ2) is 6.57. The van der Waals surface area contributed by atoms with Crippen molar-refractivity contribution in [3.63, 3.8) is 0 Å². The third-order valence-electron chi connectivity index (χ3n) is 6.91. The minimum absolute atomic E-state index is 0.0228. The van der Waals surface area contributed by atoms with Crippen LogP contribution in [0.15, 0.2) is 48.5 Å². The van der Waals surface area contributed by atoms with Gasteiger partial charge in [-0.15, -0.1) is 23.2 Å². The number of alkyl halides is 2. The van der Waals surface area contributed by atoms with Crippen LogP contribution in [0.5, 0.6) is 0 Å². The van der Waals surface area contributed by atoms with Gasteiger partial charge in [0.1, 0.15) is 15.8 Å². The van der Waals surface area contributed by atoms with Crippen molar-refractivity contribution in [1.29, 1.82) is 0 Å². The number of imide groups is 1. The molecule has 5 nitrogen and oxygen atoms in total. The first kappa shape index (κ1) is 20.5. The van der Waals surface area contributed by atoms with Gasteiger partial charge in [-0.3, -0.25) is 14.5 Å². The summed E-state index contributed by atoms with van der Waals surface area (Å²) in [7, 11) is 0. The fourth-order valence-corrected chi connectivity index (χ4v) is 6.86. The van der Waals surface area contributed by atoms with E-state index in [0.717, 1.165) is 4.90 Å². The Morgan fingerprint density at radius 2 is 1.26 bits per heavy atom. The van der Waals surface area contributed by atoms with Crippen LogP contribution in [0.25, 0.3) is 0 Å². The zero-order chi connectivity index (χ0) is 22.3. The van der Waals surface area contributed by atoms with E-state index < -0.39 is 45.4 Å². The Hall–Kier alpha value is -2.37. The molecular weight excluding hydrogens is 437 g/mol. The average Bonchev–Trinajstić information content (AvgIpc) is 3.01. The first-order valence-electron chi connectivity index (χ1n) is 10.3. The van der Waals surface area contributed by atoms with Crippen molar-refractivity contribution in [1.82, 2.24) is 4.90 Å². The Kier molecular flexibility index (Phi) is 4.35. The second-order valence-electron chi connectivity index (χ2n) is 9.00. The number of hydrogen-bond donors (Lipinski definition) is 1. The maximum absolute atomic E-state index is 13.7. The number of benzene rings is 2. The summed E-state index contributed by atoms with van der Waals surface area (Å²) >= 11 is 14.7. The molecule has 1 aliphatic heterocycles. The molecule has 2 aromatic carbocycles. The van der Waals surface area contributed by atoms with E-state index in [-0.39, 0.29) is 12.3 Å². The smallest absolute Gasteiger partial charge is 0.326 e. The fourth-order valence-electron chi connectivity index (χ4n) is 5.76. The monoisotopic (exact) mass is 457 g/mol. The molecule has 0 unspecified atom stereocenters. The number of carboxylic acids is 1. The summed E-state index contributed by atoms with van der Waals surface area (Å²) in [6, 6.07) is 13.4. The molecule has 160 valence electrons. The van der Waals surface area contributed by atoms with Gasteiger partial charge in [-0.25, -0.2) is 4.79 Å². The number of likely N-dealkylation sites (tertiary alicyclic amines) is 1. The summed E-state index contributed by atoms with van der Waals surface area (Å²) in [5.41, 5.74) is 2.80. The van der Waals surface area contributed by atoms with Gasteiger partial charge in [-0.05, 0) is 34.6 Å². The molecule has 31 heavy (non-hydrogen) atoms. The van der Waals surface area contributed by atoms with Gasteiger partial charge >= 0.3 is 5.97 Å². The van der Waals surface area contributed by atoms with Crippen LogP contribution in [-0.4, -0.2) is 33.8 Å². The summed E-state index contributed by atoms with van der Waals surface area (Å²) in [4.78, 5) is 37.9. The summed E-state index contributed by atoms with van der Waals surface area (Å²) in [6.45, 7) is 3.71. The van der Waals surface area contributed by atoms with Gasteiger partial charge in [-0.2, -0.15) is 0 Å². The molecule has 1 heterocycles. The maximum Gasteiger partial charge on any atom is 0.326 e. The van der Waals surface area contributed by atoms with Crippen molar-refractivity contribution in [2.24, 2.45) is 17.8 Å². The van der Waals surface area contributed by atoms with E-state index in [1.807, 2.05) is 62.4 Å². The molecule has 2 aromatic rings. The number of carbonyl (C=O) groups excluding carboxylic acids is 2. The molecule has 0 spiro atoms. The molecule has 7 heteroatoms. The highest BCUT2D eigenvalue weighted by molar-refractivity contribution is 6.36. The molecular formula is C24H21Cl2NO4.